The summed E-state index contributed by atoms with van der Waals surface area (Å²) in [6, 6.07) is 16.8. The highest BCUT2D eigenvalue weighted by molar-refractivity contribution is 9.10. The van der Waals surface area contributed by atoms with Crippen LogP contribution in [0.4, 0.5) is 0 Å². The van der Waals surface area contributed by atoms with E-state index in [1.165, 1.54) is 41.8 Å². The fourth-order valence-corrected chi connectivity index (χ4v) is 4.86. The van der Waals surface area contributed by atoms with E-state index in [2.05, 4.69) is 26.5 Å². The zero-order valence-electron chi connectivity index (χ0n) is 15.5. The number of carbonyl (C=O) groups excluding carboxylic acids is 1. The Balaban J connectivity index is 1.80. The Morgan fingerprint density at radius 1 is 1.13 bits per heavy atom. The van der Waals surface area contributed by atoms with Crippen molar-refractivity contribution in [3.05, 3.63) is 86.0 Å². The lowest BCUT2D eigenvalue weighted by atomic mass is 10.2. The van der Waals surface area contributed by atoms with Crippen molar-refractivity contribution in [3.63, 3.8) is 0 Å². The lowest BCUT2D eigenvalue weighted by molar-refractivity contribution is -0.121. The van der Waals surface area contributed by atoms with E-state index in [4.69, 9.17) is 11.6 Å². The predicted octanol–water partition coefficient (Wildman–Crippen LogP) is 4.51. The SMILES string of the molecule is O=C(CN(Cc1ccc(Br)cc1)S(=O)(=O)c1ccc(Cl)cc1)N/N=C\c1cccs1. The van der Waals surface area contributed by atoms with Crippen LogP contribution >= 0.6 is 38.9 Å². The molecule has 0 saturated heterocycles. The number of hydrogen-bond donors (Lipinski definition) is 1. The molecule has 0 aliphatic rings. The third-order valence-corrected chi connectivity index (χ3v) is 7.36. The highest BCUT2D eigenvalue weighted by Gasteiger charge is 2.27. The smallest absolute Gasteiger partial charge is 0.255 e. The number of nitrogens with zero attached hydrogens (tertiary/aromatic N) is 2. The van der Waals surface area contributed by atoms with E-state index < -0.39 is 15.9 Å². The molecule has 1 amide bonds. The number of thiophene rings is 1. The fraction of sp³-hybridized carbons (Fsp3) is 0.100. The van der Waals surface area contributed by atoms with Gasteiger partial charge in [-0.25, -0.2) is 13.8 Å². The Bertz CT molecular complexity index is 1120. The first kappa shape index (κ1) is 22.6. The summed E-state index contributed by atoms with van der Waals surface area (Å²) < 4.78 is 28.3. The molecule has 0 spiro atoms. The lowest BCUT2D eigenvalue weighted by Crippen LogP contribution is -2.39. The van der Waals surface area contributed by atoms with Gasteiger partial charge in [-0.15, -0.1) is 11.3 Å². The molecule has 0 unspecified atom stereocenters. The molecule has 1 aromatic heterocycles. The largest absolute Gasteiger partial charge is 0.272 e. The number of amides is 1. The molecular formula is C20H17BrClN3O3S2. The molecule has 1 N–H and O–H groups in total. The summed E-state index contributed by atoms with van der Waals surface area (Å²) in [5.74, 6) is -0.544. The summed E-state index contributed by atoms with van der Waals surface area (Å²) in [6.07, 6.45) is 1.51. The van der Waals surface area contributed by atoms with Gasteiger partial charge in [0.2, 0.25) is 10.0 Å². The summed E-state index contributed by atoms with van der Waals surface area (Å²) in [4.78, 5) is 13.3. The van der Waals surface area contributed by atoms with Crippen LogP contribution in [0.15, 0.2) is 80.5 Å². The molecule has 0 saturated carbocycles. The normalized spacial score (nSPS) is 11.8. The second-order valence-electron chi connectivity index (χ2n) is 6.16. The number of benzene rings is 2. The molecular weight excluding hydrogens is 510 g/mol. The van der Waals surface area contributed by atoms with Gasteiger partial charge < -0.3 is 0 Å². The first-order chi connectivity index (χ1) is 14.3. The van der Waals surface area contributed by atoms with Crippen LogP contribution in [-0.4, -0.2) is 31.4 Å². The number of hydrogen-bond acceptors (Lipinski definition) is 5. The lowest BCUT2D eigenvalue weighted by Gasteiger charge is -2.21. The Labute approximate surface area is 192 Å². The van der Waals surface area contributed by atoms with E-state index in [9.17, 15) is 13.2 Å². The summed E-state index contributed by atoms with van der Waals surface area (Å²) in [5, 5.41) is 6.21. The summed E-state index contributed by atoms with van der Waals surface area (Å²) in [5.41, 5.74) is 3.12. The van der Waals surface area contributed by atoms with Crippen molar-refractivity contribution in [3.8, 4) is 0 Å². The van der Waals surface area contributed by atoms with E-state index in [0.717, 1.165) is 19.2 Å². The minimum Gasteiger partial charge on any atom is -0.272 e. The molecule has 0 aliphatic heterocycles. The number of nitrogens with one attached hydrogen (secondary N) is 1. The van der Waals surface area contributed by atoms with Crippen molar-refractivity contribution in [2.24, 2.45) is 5.10 Å². The molecule has 3 rings (SSSR count). The van der Waals surface area contributed by atoms with Gasteiger partial charge >= 0.3 is 0 Å². The van der Waals surface area contributed by atoms with Gasteiger partial charge in [0.15, 0.2) is 0 Å². The molecule has 10 heteroatoms. The topological polar surface area (TPSA) is 78.8 Å². The molecule has 6 nitrogen and oxygen atoms in total. The van der Waals surface area contributed by atoms with Crippen molar-refractivity contribution < 1.29 is 13.2 Å². The standard InChI is InChI=1S/C20H17BrClN3O3S2/c21-16-5-3-15(4-6-16)13-25(30(27,28)19-9-7-17(22)8-10-19)14-20(26)24-23-12-18-2-1-11-29-18/h1-12H,13-14H2,(H,24,26)/b23-12-. The van der Waals surface area contributed by atoms with Gasteiger partial charge in [0.05, 0.1) is 17.7 Å². The average Bonchev–Trinajstić information content (AvgIpc) is 3.23. The van der Waals surface area contributed by atoms with E-state index in [1.54, 1.807) is 12.1 Å². The van der Waals surface area contributed by atoms with E-state index in [-0.39, 0.29) is 18.0 Å². The van der Waals surface area contributed by atoms with Crippen LogP contribution in [0.5, 0.6) is 0 Å². The summed E-state index contributed by atoms with van der Waals surface area (Å²) in [7, 11) is -3.94. The highest BCUT2D eigenvalue weighted by Crippen LogP contribution is 2.21. The molecule has 0 fully saturated rings. The van der Waals surface area contributed by atoms with Crippen LogP contribution in [0.3, 0.4) is 0 Å². The fourth-order valence-electron chi connectivity index (χ4n) is 2.50. The van der Waals surface area contributed by atoms with Crippen LogP contribution in [0, 0.1) is 0 Å². The van der Waals surface area contributed by atoms with Crippen LogP contribution in [0.1, 0.15) is 10.4 Å². The highest BCUT2D eigenvalue weighted by atomic mass is 79.9. The summed E-state index contributed by atoms with van der Waals surface area (Å²) in [6.45, 7) is -0.358. The first-order valence-corrected chi connectivity index (χ1v) is 12.2. The minimum atomic E-state index is -3.94. The third kappa shape index (κ3) is 6.23. The Morgan fingerprint density at radius 2 is 1.83 bits per heavy atom. The van der Waals surface area contributed by atoms with Gasteiger partial charge in [0.25, 0.3) is 5.91 Å². The van der Waals surface area contributed by atoms with E-state index >= 15 is 0 Å². The van der Waals surface area contributed by atoms with Crippen molar-refractivity contribution in [2.45, 2.75) is 11.4 Å². The van der Waals surface area contributed by atoms with Crippen molar-refractivity contribution in [1.29, 1.82) is 0 Å². The van der Waals surface area contributed by atoms with Crippen LogP contribution in [0.25, 0.3) is 0 Å². The van der Waals surface area contributed by atoms with Gasteiger partial charge in [0, 0.05) is 20.9 Å². The van der Waals surface area contributed by atoms with Gasteiger partial charge in [-0.05, 0) is 53.4 Å². The number of rotatable bonds is 8. The first-order valence-electron chi connectivity index (χ1n) is 8.70. The van der Waals surface area contributed by atoms with Gasteiger partial charge in [-0.2, -0.15) is 9.41 Å². The van der Waals surface area contributed by atoms with Crippen molar-refractivity contribution in [1.82, 2.24) is 9.73 Å². The second kappa shape index (κ2) is 10.3. The molecule has 0 radical (unpaired) electrons. The molecule has 1 heterocycles. The zero-order chi connectivity index (χ0) is 21.6. The predicted molar refractivity (Wildman–Crippen MR) is 123 cm³/mol. The quantitative estimate of drug-likeness (QED) is 0.347. The molecule has 156 valence electrons. The average molecular weight is 527 g/mol. The number of carbonyl (C=O) groups is 1. The van der Waals surface area contributed by atoms with Crippen LogP contribution in [0.2, 0.25) is 5.02 Å². The maximum Gasteiger partial charge on any atom is 0.255 e. The van der Waals surface area contributed by atoms with Crippen LogP contribution in [-0.2, 0) is 21.4 Å². The van der Waals surface area contributed by atoms with Crippen molar-refractivity contribution in [2.75, 3.05) is 6.54 Å². The Hall–Kier alpha value is -2.04. The molecule has 2 aromatic carbocycles. The second-order valence-corrected chi connectivity index (χ2v) is 10.4. The van der Waals surface area contributed by atoms with Gasteiger partial charge in [-0.3, -0.25) is 4.79 Å². The number of sulfonamides is 1. The maximum absolute atomic E-state index is 13.2. The van der Waals surface area contributed by atoms with E-state index in [1.807, 2.05) is 29.6 Å². The molecule has 30 heavy (non-hydrogen) atoms. The Morgan fingerprint density at radius 3 is 2.47 bits per heavy atom. The van der Waals surface area contributed by atoms with Gasteiger partial charge in [0.1, 0.15) is 0 Å². The van der Waals surface area contributed by atoms with Crippen LogP contribution < -0.4 is 5.43 Å². The van der Waals surface area contributed by atoms with Gasteiger partial charge in [-0.1, -0.05) is 45.7 Å². The van der Waals surface area contributed by atoms with Crippen molar-refractivity contribution >= 4 is 61.0 Å². The third-order valence-electron chi connectivity index (χ3n) is 3.97. The van der Waals surface area contributed by atoms with E-state index in [0.29, 0.717) is 5.02 Å². The summed E-state index contributed by atoms with van der Waals surface area (Å²) >= 11 is 10.7. The molecule has 3 aromatic rings. The Kier molecular flexibility index (Phi) is 7.79. The molecule has 0 atom stereocenters. The molecule has 0 aliphatic carbocycles. The minimum absolute atomic E-state index is 0.0281. The number of hydrazone groups is 1. The molecule has 0 bridgehead atoms. The zero-order valence-corrected chi connectivity index (χ0v) is 19.5. The maximum atomic E-state index is 13.2. The monoisotopic (exact) mass is 525 g/mol. The number of halogens is 2.